The summed E-state index contributed by atoms with van der Waals surface area (Å²) >= 11 is 0. The number of ether oxygens (including phenoxy) is 1. The molecule has 0 bridgehead atoms. The van der Waals surface area contributed by atoms with Crippen molar-refractivity contribution in [3.05, 3.63) is 59.7 Å². The van der Waals surface area contributed by atoms with Gasteiger partial charge in [-0.15, -0.1) is 0 Å². The number of para-hydroxylation sites is 2. The van der Waals surface area contributed by atoms with E-state index in [0.717, 1.165) is 23.4 Å². The fraction of sp³-hybridized carbons (Fsp3) is 0.333. The van der Waals surface area contributed by atoms with Crippen LogP contribution in [-0.4, -0.2) is 18.8 Å². The van der Waals surface area contributed by atoms with Gasteiger partial charge in [0, 0.05) is 0 Å². The van der Waals surface area contributed by atoms with Crippen LogP contribution >= 0.6 is 0 Å². The molecule has 0 amide bonds. The van der Waals surface area contributed by atoms with E-state index in [1.54, 1.807) is 7.11 Å². The van der Waals surface area contributed by atoms with E-state index in [2.05, 4.69) is 43.4 Å². The predicted molar refractivity (Wildman–Crippen MR) is 86.9 cm³/mol. The predicted octanol–water partition coefficient (Wildman–Crippen LogP) is 3.71. The van der Waals surface area contributed by atoms with Crippen LogP contribution in [0.5, 0.6) is 5.75 Å². The van der Waals surface area contributed by atoms with Gasteiger partial charge in [0.25, 0.3) is 0 Å². The maximum atomic E-state index is 10.0. The Hall–Kier alpha value is -2.00. The quantitative estimate of drug-likeness (QED) is 0.850. The molecule has 2 aromatic carbocycles. The lowest BCUT2D eigenvalue weighted by molar-refractivity contribution is 0.207. The summed E-state index contributed by atoms with van der Waals surface area (Å²) in [7, 11) is 1.65. The zero-order valence-electron chi connectivity index (χ0n) is 12.9. The molecule has 2 N–H and O–H groups in total. The van der Waals surface area contributed by atoms with Gasteiger partial charge in [-0.3, -0.25) is 0 Å². The highest BCUT2D eigenvalue weighted by Crippen LogP contribution is 2.33. The Balaban J connectivity index is 2.40. The van der Waals surface area contributed by atoms with Crippen LogP contribution in [0.4, 0.5) is 5.69 Å². The molecule has 1 atom stereocenters. The molecule has 0 heterocycles. The average Bonchev–Trinajstić information content (AvgIpc) is 2.54. The van der Waals surface area contributed by atoms with Gasteiger partial charge in [-0.25, -0.2) is 0 Å². The minimum atomic E-state index is -0.512. The third-order valence-corrected chi connectivity index (χ3v) is 3.96. The third kappa shape index (κ3) is 3.19. The number of aryl methyl sites for hydroxylation is 1. The van der Waals surface area contributed by atoms with E-state index in [1.165, 1.54) is 5.56 Å². The molecule has 0 saturated heterocycles. The maximum absolute atomic E-state index is 10.0. The van der Waals surface area contributed by atoms with Crippen molar-refractivity contribution in [3.63, 3.8) is 0 Å². The molecule has 0 saturated carbocycles. The Kier molecular flexibility index (Phi) is 4.86. The molecule has 2 aromatic rings. The maximum Gasteiger partial charge on any atom is 0.141 e. The first-order valence-electron chi connectivity index (χ1n) is 7.24. The SMILES string of the molecule is CCC(CO)(Nc1ccccc1OC)c1ccc(C)cc1. The van der Waals surface area contributed by atoms with Crippen molar-refractivity contribution in [1.82, 2.24) is 0 Å². The van der Waals surface area contributed by atoms with Crippen molar-refractivity contribution < 1.29 is 9.84 Å². The van der Waals surface area contributed by atoms with Crippen LogP contribution in [0, 0.1) is 6.92 Å². The van der Waals surface area contributed by atoms with Gasteiger partial charge in [-0.05, 0) is 31.0 Å². The zero-order chi connectivity index (χ0) is 15.3. The van der Waals surface area contributed by atoms with Crippen molar-refractivity contribution in [2.75, 3.05) is 19.0 Å². The van der Waals surface area contributed by atoms with E-state index in [4.69, 9.17) is 4.74 Å². The number of anilines is 1. The molecule has 1 unspecified atom stereocenters. The summed E-state index contributed by atoms with van der Waals surface area (Å²) in [4.78, 5) is 0. The molecule has 0 spiro atoms. The Morgan fingerprint density at radius 1 is 1.10 bits per heavy atom. The Labute approximate surface area is 126 Å². The van der Waals surface area contributed by atoms with Gasteiger partial charge in [0.1, 0.15) is 5.75 Å². The third-order valence-electron chi connectivity index (χ3n) is 3.96. The van der Waals surface area contributed by atoms with E-state index in [1.807, 2.05) is 24.3 Å². The van der Waals surface area contributed by atoms with Crippen LogP contribution in [0.3, 0.4) is 0 Å². The summed E-state index contributed by atoms with van der Waals surface area (Å²) in [6.07, 6.45) is 0.768. The number of hydrogen-bond donors (Lipinski definition) is 2. The molecular formula is C18H23NO2. The number of hydrogen-bond acceptors (Lipinski definition) is 3. The summed E-state index contributed by atoms with van der Waals surface area (Å²) in [6.45, 7) is 4.15. The molecule has 0 aliphatic rings. The smallest absolute Gasteiger partial charge is 0.141 e. The minimum absolute atomic E-state index is 0.0185. The largest absolute Gasteiger partial charge is 0.495 e. The van der Waals surface area contributed by atoms with Gasteiger partial charge in [-0.1, -0.05) is 48.9 Å². The second-order valence-electron chi connectivity index (χ2n) is 5.29. The first kappa shape index (κ1) is 15.4. The number of benzene rings is 2. The van der Waals surface area contributed by atoms with E-state index in [0.29, 0.717) is 0 Å². The normalized spacial score (nSPS) is 13.5. The van der Waals surface area contributed by atoms with Gasteiger partial charge < -0.3 is 15.2 Å². The first-order chi connectivity index (χ1) is 10.1. The van der Waals surface area contributed by atoms with E-state index < -0.39 is 5.54 Å². The van der Waals surface area contributed by atoms with Gasteiger partial charge in [0.15, 0.2) is 0 Å². The second-order valence-corrected chi connectivity index (χ2v) is 5.29. The zero-order valence-corrected chi connectivity index (χ0v) is 12.9. The number of aliphatic hydroxyl groups is 1. The highest BCUT2D eigenvalue weighted by Gasteiger charge is 2.30. The molecule has 0 aliphatic carbocycles. The van der Waals surface area contributed by atoms with Crippen LogP contribution in [0.1, 0.15) is 24.5 Å². The highest BCUT2D eigenvalue weighted by atomic mass is 16.5. The van der Waals surface area contributed by atoms with Crippen LogP contribution in [0.25, 0.3) is 0 Å². The molecule has 2 rings (SSSR count). The molecule has 21 heavy (non-hydrogen) atoms. The Morgan fingerprint density at radius 2 is 1.76 bits per heavy atom. The molecule has 3 heteroatoms. The summed E-state index contributed by atoms with van der Waals surface area (Å²) in [5.41, 5.74) is 2.65. The average molecular weight is 285 g/mol. The lowest BCUT2D eigenvalue weighted by atomic mass is 9.87. The lowest BCUT2D eigenvalue weighted by Crippen LogP contribution is -2.38. The number of nitrogens with one attached hydrogen (secondary N) is 1. The second kappa shape index (κ2) is 6.64. The summed E-state index contributed by atoms with van der Waals surface area (Å²) in [5.74, 6) is 0.774. The minimum Gasteiger partial charge on any atom is -0.495 e. The van der Waals surface area contributed by atoms with Crippen molar-refractivity contribution in [1.29, 1.82) is 0 Å². The fourth-order valence-corrected chi connectivity index (χ4v) is 2.49. The van der Waals surface area contributed by atoms with Gasteiger partial charge in [0.2, 0.25) is 0 Å². The highest BCUT2D eigenvalue weighted by molar-refractivity contribution is 5.58. The molecule has 112 valence electrons. The van der Waals surface area contributed by atoms with Crippen LogP contribution < -0.4 is 10.1 Å². The first-order valence-corrected chi connectivity index (χ1v) is 7.24. The standard InChI is InChI=1S/C18H23NO2/c1-4-18(13-20,15-11-9-14(2)10-12-15)19-16-7-5-6-8-17(16)21-3/h5-12,19-20H,4,13H2,1-3H3. The molecule has 0 aromatic heterocycles. The van der Waals surface area contributed by atoms with Gasteiger partial charge >= 0.3 is 0 Å². The van der Waals surface area contributed by atoms with Gasteiger partial charge in [0.05, 0.1) is 24.9 Å². The van der Waals surface area contributed by atoms with E-state index in [-0.39, 0.29) is 6.61 Å². The Morgan fingerprint density at radius 3 is 2.33 bits per heavy atom. The van der Waals surface area contributed by atoms with E-state index in [9.17, 15) is 5.11 Å². The van der Waals surface area contributed by atoms with Crippen LogP contribution in [0.15, 0.2) is 48.5 Å². The Bertz CT molecular complexity index is 574. The number of aliphatic hydroxyl groups excluding tert-OH is 1. The summed E-state index contributed by atoms with van der Waals surface area (Å²) in [6, 6.07) is 16.0. The number of rotatable bonds is 6. The van der Waals surface area contributed by atoms with Crippen molar-refractivity contribution in [2.24, 2.45) is 0 Å². The van der Waals surface area contributed by atoms with Crippen LogP contribution in [-0.2, 0) is 5.54 Å². The lowest BCUT2D eigenvalue weighted by Gasteiger charge is -2.34. The molecule has 0 aliphatic heterocycles. The van der Waals surface area contributed by atoms with Crippen molar-refractivity contribution >= 4 is 5.69 Å². The molecular weight excluding hydrogens is 262 g/mol. The summed E-state index contributed by atoms with van der Waals surface area (Å²) in [5, 5.41) is 13.5. The molecule has 0 radical (unpaired) electrons. The van der Waals surface area contributed by atoms with E-state index >= 15 is 0 Å². The number of methoxy groups -OCH3 is 1. The monoisotopic (exact) mass is 285 g/mol. The van der Waals surface area contributed by atoms with Crippen LogP contribution in [0.2, 0.25) is 0 Å². The molecule has 3 nitrogen and oxygen atoms in total. The topological polar surface area (TPSA) is 41.5 Å². The van der Waals surface area contributed by atoms with Gasteiger partial charge in [-0.2, -0.15) is 0 Å². The fourth-order valence-electron chi connectivity index (χ4n) is 2.49. The van der Waals surface area contributed by atoms with Crippen molar-refractivity contribution in [3.8, 4) is 5.75 Å². The summed E-state index contributed by atoms with van der Waals surface area (Å²) < 4.78 is 5.39. The molecule has 0 fully saturated rings. The van der Waals surface area contributed by atoms with Crippen molar-refractivity contribution in [2.45, 2.75) is 25.8 Å².